The smallest absolute Gasteiger partial charge is 0.431 e. The van der Waals surface area contributed by atoms with Crippen molar-refractivity contribution in [3.05, 3.63) is 0 Å². The molecule has 0 fully saturated rings. The van der Waals surface area contributed by atoms with E-state index in [-0.39, 0.29) is 13.2 Å². The summed E-state index contributed by atoms with van der Waals surface area (Å²) in [4.78, 5) is 21.7. The predicted molar refractivity (Wildman–Crippen MR) is 59.0 cm³/mol. The second kappa shape index (κ2) is 10.4. The lowest BCUT2D eigenvalue weighted by Crippen LogP contribution is -2.19. The number of ether oxygens (including phenoxy) is 5. The first-order valence-corrected chi connectivity index (χ1v) is 5.44. The fourth-order valence-corrected chi connectivity index (χ4v) is 0.674. The van der Waals surface area contributed by atoms with Crippen LogP contribution in [0.4, 0.5) is 9.59 Å². The Morgan fingerprint density at radius 2 is 1.21 bits per heavy atom. The third kappa shape index (κ3) is 12.7. The zero-order valence-corrected chi connectivity index (χ0v) is 10.7. The van der Waals surface area contributed by atoms with Gasteiger partial charge in [-0.1, -0.05) is 0 Å². The highest BCUT2D eigenvalue weighted by Crippen LogP contribution is 1.92. The van der Waals surface area contributed by atoms with Crippen LogP contribution in [0.3, 0.4) is 0 Å². The summed E-state index contributed by atoms with van der Waals surface area (Å²) in [5.74, 6) is 0. The van der Waals surface area contributed by atoms with Crippen molar-refractivity contribution in [3.8, 4) is 0 Å². The van der Waals surface area contributed by atoms with Crippen molar-refractivity contribution in [2.45, 2.75) is 26.1 Å². The van der Waals surface area contributed by atoms with Crippen molar-refractivity contribution in [2.24, 2.45) is 0 Å². The number of carbonyl (C=O) groups is 2. The number of carbonyl (C=O) groups excluding carboxylic acids is 2. The molecule has 0 heterocycles. The van der Waals surface area contributed by atoms with E-state index in [2.05, 4.69) is 23.7 Å². The van der Waals surface area contributed by atoms with E-state index in [1.54, 1.807) is 0 Å². The fourth-order valence-electron chi connectivity index (χ4n) is 0.674. The van der Waals surface area contributed by atoms with Crippen LogP contribution < -0.4 is 0 Å². The Kier molecular flexibility index (Phi) is 9.49. The monoisotopic (exact) mass is 282 g/mol. The van der Waals surface area contributed by atoms with Crippen molar-refractivity contribution in [1.82, 2.24) is 0 Å². The number of hydrogen-bond donors (Lipinski definition) is 2. The van der Waals surface area contributed by atoms with E-state index in [0.29, 0.717) is 0 Å². The van der Waals surface area contributed by atoms with E-state index in [1.807, 2.05) is 0 Å². The van der Waals surface area contributed by atoms with Gasteiger partial charge in [-0.05, 0) is 13.8 Å². The molecule has 0 aromatic rings. The lowest BCUT2D eigenvalue weighted by Gasteiger charge is -2.09. The summed E-state index contributed by atoms with van der Waals surface area (Å²) in [5, 5.41) is 17.6. The van der Waals surface area contributed by atoms with Gasteiger partial charge in [-0.2, -0.15) is 0 Å². The summed E-state index contributed by atoms with van der Waals surface area (Å²) >= 11 is 0. The van der Waals surface area contributed by atoms with Crippen LogP contribution in [-0.2, 0) is 23.7 Å². The van der Waals surface area contributed by atoms with Gasteiger partial charge in [0.1, 0.15) is 13.2 Å². The van der Waals surface area contributed by atoms with Crippen molar-refractivity contribution in [2.75, 3.05) is 26.8 Å². The molecule has 2 unspecified atom stereocenters. The molecule has 9 nitrogen and oxygen atoms in total. The second-order valence-corrected chi connectivity index (χ2v) is 3.55. The first-order valence-electron chi connectivity index (χ1n) is 5.44. The Bertz CT molecular complexity index is 238. The molecule has 0 rings (SSSR count). The van der Waals surface area contributed by atoms with E-state index in [9.17, 15) is 9.59 Å². The first kappa shape index (κ1) is 17.4. The van der Waals surface area contributed by atoms with Gasteiger partial charge in [-0.15, -0.1) is 0 Å². The molecule has 0 amide bonds. The second-order valence-electron chi connectivity index (χ2n) is 3.55. The summed E-state index contributed by atoms with van der Waals surface area (Å²) in [7, 11) is 0. The highest BCUT2D eigenvalue weighted by atomic mass is 16.8. The maximum absolute atomic E-state index is 10.8. The van der Waals surface area contributed by atoms with E-state index >= 15 is 0 Å². The molecular weight excluding hydrogens is 264 g/mol. The SMILES string of the molecule is CC(O)COC(=O)OCOCOC(=O)OCC(C)O. The minimum absolute atomic E-state index is 0.193. The van der Waals surface area contributed by atoms with Gasteiger partial charge >= 0.3 is 12.3 Å². The molecule has 0 aliphatic rings. The van der Waals surface area contributed by atoms with Crippen LogP contribution in [0.25, 0.3) is 0 Å². The van der Waals surface area contributed by atoms with Crippen molar-refractivity contribution in [1.29, 1.82) is 0 Å². The van der Waals surface area contributed by atoms with E-state index < -0.39 is 38.1 Å². The Labute approximate surface area is 110 Å². The minimum Gasteiger partial charge on any atom is -0.431 e. The zero-order valence-electron chi connectivity index (χ0n) is 10.7. The summed E-state index contributed by atoms with van der Waals surface area (Å²) in [6.07, 6.45) is -3.61. The number of aliphatic hydroxyl groups is 2. The van der Waals surface area contributed by atoms with E-state index in [0.717, 1.165) is 0 Å². The summed E-state index contributed by atoms with van der Waals surface area (Å²) in [6.45, 7) is 1.53. The van der Waals surface area contributed by atoms with E-state index in [1.165, 1.54) is 13.8 Å². The van der Waals surface area contributed by atoms with Crippen LogP contribution >= 0.6 is 0 Å². The molecule has 9 heteroatoms. The highest BCUT2D eigenvalue weighted by molar-refractivity contribution is 5.60. The highest BCUT2D eigenvalue weighted by Gasteiger charge is 2.08. The fraction of sp³-hybridized carbons (Fsp3) is 0.800. The molecule has 2 atom stereocenters. The van der Waals surface area contributed by atoms with Gasteiger partial charge in [0.25, 0.3) is 0 Å². The maximum Gasteiger partial charge on any atom is 0.510 e. The van der Waals surface area contributed by atoms with Gasteiger partial charge in [-0.25, -0.2) is 9.59 Å². The molecule has 0 bridgehead atoms. The molecule has 0 aromatic carbocycles. The topological polar surface area (TPSA) is 121 Å². The maximum atomic E-state index is 10.8. The molecule has 0 aliphatic carbocycles. The third-order valence-corrected chi connectivity index (χ3v) is 1.40. The largest absolute Gasteiger partial charge is 0.510 e. The minimum atomic E-state index is -1.02. The van der Waals surface area contributed by atoms with Gasteiger partial charge in [0.15, 0.2) is 13.6 Å². The van der Waals surface area contributed by atoms with Crippen molar-refractivity contribution >= 4 is 12.3 Å². The van der Waals surface area contributed by atoms with Crippen LogP contribution in [0.2, 0.25) is 0 Å². The van der Waals surface area contributed by atoms with Crippen LogP contribution in [0.15, 0.2) is 0 Å². The molecule has 2 N–H and O–H groups in total. The standard InChI is InChI=1S/C10H18O9/c1-7(11)3-16-9(13)18-5-15-6-19-10(14)17-4-8(2)12/h7-8,11-12H,3-6H2,1-2H3. The Hall–Kier alpha value is -1.58. The Morgan fingerprint density at radius 1 is 0.842 bits per heavy atom. The van der Waals surface area contributed by atoms with Gasteiger partial charge in [-0.3, -0.25) is 0 Å². The van der Waals surface area contributed by atoms with Gasteiger partial charge in [0.05, 0.1) is 12.2 Å². The molecule has 0 saturated carbocycles. The van der Waals surface area contributed by atoms with Gasteiger partial charge in [0, 0.05) is 0 Å². The van der Waals surface area contributed by atoms with Crippen LogP contribution in [0, 0.1) is 0 Å². The molecular formula is C10H18O9. The zero-order chi connectivity index (χ0) is 14.7. The average Bonchev–Trinajstić information content (AvgIpc) is 2.33. The Morgan fingerprint density at radius 3 is 1.53 bits per heavy atom. The summed E-state index contributed by atoms with van der Waals surface area (Å²) in [5.41, 5.74) is 0. The molecule has 0 spiro atoms. The molecule has 0 aliphatic heterocycles. The number of aliphatic hydroxyl groups excluding tert-OH is 2. The molecule has 0 aromatic heterocycles. The van der Waals surface area contributed by atoms with Crippen LogP contribution in [0.5, 0.6) is 0 Å². The van der Waals surface area contributed by atoms with Gasteiger partial charge in [0.2, 0.25) is 0 Å². The van der Waals surface area contributed by atoms with Gasteiger partial charge < -0.3 is 33.9 Å². The average molecular weight is 282 g/mol. The first-order chi connectivity index (χ1) is 8.91. The lowest BCUT2D eigenvalue weighted by molar-refractivity contribution is -0.112. The lowest BCUT2D eigenvalue weighted by atomic mass is 10.5. The molecule has 0 radical (unpaired) electrons. The van der Waals surface area contributed by atoms with Crippen LogP contribution in [-0.4, -0.2) is 61.5 Å². The van der Waals surface area contributed by atoms with Crippen molar-refractivity contribution in [3.63, 3.8) is 0 Å². The number of rotatable bonds is 8. The quantitative estimate of drug-likeness (QED) is 0.359. The summed E-state index contributed by atoms with van der Waals surface area (Å²) < 4.78 is 22.3. The molecule has 0 saturated heterocycles. The van der Waals surface area contributed by atoms with E-state index in [4.69, 9.17) is 10.2 Å². The summed E-state index contributed by atoms with van der Waals surface area (Å²) in [6, 6.07) is 0. The van der Waals surface area contributed by atoms with Crippen molar-refractivity contribution < 1.29 is 43.5 Å². The molecule has 19 heavy (non-hydrogen) atoms. The normalized spacial score (nSPS) is 13.3. The number of hydrogen-bond acceptors (Lipinski definition) is 9. The third-order valence-electron chi connectivity index (χ3n) is 1.40. The molecule has 112 valence electrons. The predicted octanol–water partition coefficient (Wildman–Crippen LogP) is -0.0140. The van der Waals surface area contributed by atoms with Crippen LogP contribution in [0.1, 0.15) is 13.8 Å². The Balaban J connectivity index is 3.39.